The highest BCUT2D eigenvalue weighted by atomic mass is 16.6. The highest BCUT2D eigenvalue weighted by Crippen LogP contribution is 2.27. The molecular weight excluding hydrogens is 268 g/mol. The number of benzene rings is 1. The molecule has 1 unspecified atom stereocenters. The van der Waals surface area contributed by atoms with E-state index in [9.17, 15) is 19.7 Å². The maximum atomic E-state index is 11.7. The van der Waals surface area contributed by atoms with Gasteiger partial charge < -0.3 is 9.47 Å². The molecule has 0 aromatic heterocycles. The van der Waals surface area contributed by atoms with Crippen LogP contribution in [0.4, 0.5) is 10.5 Å². The molecule has 2 rings (SSSR count). The van der Waals surface area contributed by atoms with Crippen LogP contribution in [0.2, 0.25) is 0 Å². The van der Waals surface area contributed by atoms with Crippen molar-refractivity contribution in [2.75, 3.05) is 6.61 Å². The standard InChI is InChI=1S/C12H10N2O6/c1-2-19-11(15)9-10(20-12(16)13-9)7-3-5-8(6-4-7)14(17)18/h3-6,10H,2H2,1H3. The summed E-state index contributed by atoms with van der Waals surface area (Å²) in [6, 6.07) is 5.31. The minimum absolute atomic E-state index is 0.104. The summed E-state index contributed by atoms with van der Waals surface area (Å²) < 4.78 is 9.69. The molecule has 0 bridgehead atoms. The van der Waals surface area contributed by atoms with Crippen molar-refractivity contribution in [3.8, 4) is 0 Å². The maximum absolute atomic E-state index is 11.7. The Morgan fingerprint density at radius 2 is 2.10 bits per heavy atom. The van der Waals surface area contributed by atoms with E-state index in [4.69, 9.17) is 9.47 Å². The molecule has 1 aliphatic heterocycles. The minimum Gasteiger partial charge on any atom is -0.461 e. The second-order valence-corrected chi connectivity index (χ2v) is 3.83. The molecule has 0 spiro atoms. The molecule has 1 heterocycles. The molecular formula is C12H10N2O6. The number of non-ortho nitro benzene ring substituents is 1. The van der Waals surface area contributed by atoms with Crippen molar-refractivity contribution in [3.05, 3.63) is 39.9 Å². The number of nitrogens with zero attached hydrogens (tertiary/aromatic N) is 2. The van der Waals surface area contributed by atoms with Crippen molar-refractivity contribution in [3.63, 3.8) is 0 Å². The van der Waals surface area contributed by atoms with Crippen LogP contribution in [0.15, 0.2) is 29.3 Å². The van der Waals surface area contributed by atoms with Gasteiger partial charge in [-0.15, -0.1) is 0 Å². The molecule has 0 N–H and O–H groups in total. The number of carbonyl (C=O) groups excluding carboxylic acids is 2. The van der Waals surface area contributed by atoms with Gasteiger partial charge in [-0.05, 0) is 24.6 Å². The molecule has 20 heavy (non-hydrogen) atoms. The minimum atomic E-state index is -0.998. The van der Waals surface area contributed by atoms with Gasteiger partial charge in [-0.3, -0.25) is 10.1 Å². The van der Waals surface area contributed by atoms with Crippen molar-refractivity contribution < 1.29 is 24.0 Å². The Morgan fingerprint density at radius 3 is 2.65 bits per heavy atom. The average Bonchev–Trinajstić information content (AvgIpc) is 2.81. The number of carbonyl (C=O) groups is 2. The van der Waals surface area contributed by atoms with Crippen LogP contribution < -0.4 is 0 Å². The first-order valence-electron chi connectivity index (χ1n) is 5.73. The fraction of sp³-hybridized carbons (Fsp3) is 0.250. The van der Waals surface area contributed by atoms with Crippen molar-refractivity contribution in [1.82, 2.24) is 0 Å². The second-order valence-electron chi connectivity index (χ2n) is 3.83. The number of cyclic esters (lactones) is 1. The van der Waals surface area contributed by atoms with Crippen molar-refractivity contribution >= 4 is 23.5 Å². The third-order valence-corrected chi connectivity index (χ3v) is 2.57. The van der Waals surface area contributed by atoms with E-state index < -0.39 is 23.1 Å². The van der Waals surface area contributed by atoms with E-state index in [-0.39, 0.29) is 18.0 Å². The van der Waals surface area contributed by atoms with Gasteiger partial charge in [-0.1, -0.05) is 0 Å². The Bertz CT molecular complexity index is 592. The topological polar surface area (TPSA) is 108 Å². The molecule has 0 saturated carbocycles. The van der Waals surface area contributed by atoms with Gasteiger partial charge in [0.05, 0.1) is 11.5 Å². The van der Waals surface area contributed by atoms with E-state index in [1.54, 1.807) is 6.92 Å². The molecule has 8 heteroatoms. The summed E-state index contributed by atoms with van der Waals surface area (Å²) in [5, 5.41) is 10.6. The van der Waals surface area contributed by atoms with Crippen LogP contribution in [0.25, 0.3) is 0 Å². The molecule has 8 nitrogen and oxygen atoms in total. The van der Waals surface area contributed by atoms with Gasteiger partial charge in [0.2, 0.25) is 0 Å². The SMILES string of the molecule is CCOC(=O)C1=NC(=O)OC1c1ccc([N+](=O)[O-])cc1. The fourth-order valence-electron chi connectivity index (χ4n) is 1.69. The summed E-state index contributed by atoms with van der Waals surface area (Å²) in [5.41, 5.74) is 0.145. The smallest absolute Gasteiger partial charge is 0.435 e. The summed E-state index contributed by atoms with van der Waals surface area (Å²) in [6.45, 7) is 1.76. The Balaban J connectivity index is 2.27. The van der Waals surface area contributed by atoms with Gasteiger partial charge in [0.15, 0.2) is 11.8 Å². The van der Waals surface area contributed by atoms with Crippen LogP contribution in [-0.4, -0.2) is 29.3 Å². The third kappa shape index (κ3) is 2.63. The molecule has 1 aromatic carbocycles. The lowest BCUT2D eigenvalue weighted by Crippen LogP contribution is -2.22. The molecule has 1 atom stereocenters. The largest absolute Gasteiger partial charge is 0.461 e. The lowest BCUT2D eigenvalue weighted by atomic mass is 10.0. The van der Waals surface area contributed by atoms with Crippen molar-refractivity contribution in [2.24, 2.45) is 4.99 Å². The second kappa shape index (κ2) is 5.47. The van der Waals surface area contributed by atoms with Gasteiger partial charge in [-0.25, -0.2) is 9.59 Å². The molecule has 0 radical (unpaired) electrons. The number of ether oxygens (including phenoxy) is 2. The first kappa shape index (κ1) is 13.7. The zero-order valence-corrected chi connectivity index (χ0v) is 10.4. The van der Waals surface area contributed by atoms with Crippen LogP contribution in [0.1, 0.15) is 18.6 Å². The fourth-order valence-corrected chi connectivity index (χ4v) is 1.69. The van der Waals surface area contributed by atoms with E-state index in [2.05, 4.69) is 4.99 Å². The Labute approximate surface area is 113 Å². The van der Waals surface area contributed by atoms with Gasteiger partial charge in [-0.2, -0.15) is 4.99 Å². The predicted molar refractivity (Wildman–Crippen MR) is 66.4 cm³/mol. The molecule has 0 fully saturated rings. The number of nitro groups is 1. The van der Waals surface area contributed by atoms with E-state index in [1.165, 1.54) is 24.3 Å². The van der Waals surface area contributed by atoms with Gasteiger partial charge in [0.25, 0.3) is 5.69 Å². The molecule has 1 amide bonds. The number of hydrogen-bond acceptors (Lipinski definition) is 6. The number of rotatable bonds is 4. The van der Waals surface area contributed by atoms with Gasteiger partial charge in [0.1, 0.15) is 0 Å². The molecule has 0 aliphatic carbocycles. The first-order valence-corrected chi connectivity index (χ1v) is 5.73. The molecule has 0 saturated heterocycles. The summed E-state index contributed by atoms with van der Waals surface area (Å²) in [4.78, 5) is 36.3. The Morgan fingerprint density at radius 1 is 1.45 bits per heavy atom. The number of hydrogen-bond donors (Lipinski definition) is 0. The monoisotopic (exact) mass is 278 g/mol. The summed E-state index contributed by atoms with van der Waals surface area (Å²) in [7, 11) is 0. The predicted octanol–water partition coefficient (Wildman–Crippen LogP) is 1.79. The quantitative estimate of drug-likeness (QED) is 0.472. The molecule has 1 aromatic rings. The maximum Gasteiger partial charge on any atom is 0.435 e. The van der Waals surface area contributed by atoms with Crippen LogP contribution in [0.3, 0.4) is 0 Å². The van der Waals surface area contributed by atoms with Crippen LogP contribution >= 0.6 is 0 Å². The Hall–Kier alpha value is -2.77. The number of nitro benzene ring substituents is 1. The zero-order valence-electron chi connectivity index (χ0n) is 10.4. The number of esters is 1. The average molecular weight is 278 g/mol. The molecule has 104 valence electrons. The molecule has 1 aliphatic rings. The van der Waals surface area contributed by atoms with Crippen LogP contribution in [-0.2, 0) is 14.3 Å². The summed E-state index contributed by atoms with van der Waals surface area (Å²) >= 11 is 0. The summed E-state index contributed by atoms with van der Waals surface area (Å²) in [5.74, 6) is -0.748. The highest BCUT2D eigenvalue weighted by molar-refractivity contribution is 6.41. The summed E-state index contributed by atoms with van der Waals surface area (Å²) in [6.07, 6.45) is -1.89. The first-order chi connectivity index (χ1) is 9.52. The zero-order chi connectivity index (χ0) is 14.7. The number of aliphatic imine (C=N–C) groups is 1. The highest BCUT2D eigenvalue weighted by Gasteiger charge is 2.35. The van der Waals surface area contributed by atoms with Crippen molar-refractivity contribution in [1.29, 1.82) is 0 Å². The normalized spacial score (nSPS) is 17.4. The van der Waals surface area contributed by atoms with Gasteiger partial charge in [0, 0.05) is 12.1 Å². The van der Waals surface area contributed by atoms with E-state index in [0.29, 0.717) is 5.56 Å². The van der Waals surface area contributed by atoms with Crippen LogP contribution in [0.5, 0.6) is 0 Å². The van der Waals surface area contributed by atoms with E-state index >= 15 is 0 Å². The lowest BCUT2D eigenvalue weighted by Gasteiger charge is -2.11. The van der Waals surface area contributed by atoms with Gasteiger partial charge >= 0.3 is 12.1 Å². The Kier molecular flexibility index (Phi) is 3.74. The number of amides is 1. The van der Waals surface area contributed by atoms with E-state index in [1.807, 2.05) is 0 Å². The van der Waals surface area contributed by atoms with Crippen molar-refractivity contribution in [2.45, 2.75) is 13.0 Å². The third-order valence-electron chi connectivity index (χ3n) is 2.57. The van der Waals surface area contributed by atoms with E-state index in [0.717, 1.165) is 0 Å². The van der Waals surface area contributed by atoms with Crippen LogP contribution in [0, 0.1) is 10.1 Å². The lowest BCUT2D eigenvalue weighted by molar-refractivity contribution is -0.384.